The van der Waals surface area contributed by atoms with Gasteiger partial charge in [0.2, 0.25) is 0 Å². The molecule has 0 spiro atoms. The molecule has 0 fully saturated rings. The van der Waals surface area contributed by atoms with Gasteiger partial charge >= 0.3 is 5.97 Å². The summed E-state index contributed by atoms with van der Waals surface area (Å²) in [6, 6.07) is 5.56. The summed E-state index contributed by atoms with van der Waals surface area (Å²) in [4.78, 5) is 36.4. The van der Waals surface area contributed by atoms with Gasteiger partial charge in [0.15, 0.2) is 6.10 Å². The van der Waals surface area contributed by atoms with E-state index in [9.17, 15) is 19.7 Å². The zero-order valence-electron chi connectivity index (χ0n) is 15.4. The number of anilines is 1. The molecule has 0 saturated carbocycles. The van der Waals surface area contributed by atoms with Crippen molar-refractivity contribution in [2.45, 2.75) is 33.3 Å². The van der Waals surface area contributed by atoms with Crippen molar-refractivity contribution in [3.63, 3.8) is 0 Å². The molecule has 0 unspecified atom stereocenters. The van der Waals surface area contributed by atoms with E-state index in [0.29, 0.717) is 4.88 Å². The molecule has 0 aliphatic carbocycles. The maximum Gasteiger partial charge on any atom is 0.349 e. The molecule has 27 heavy (non-hydrogen) atoms. The monoisotopic (exact) mass is 392 g/mol. The molecular weight excluding hydrogens is 372 g/mol. The van der Waals surface area contributed by atoms with Crippen LogP contribution in [0.3, 0.4) is 0 Å². The fourth-order valence-corrected chi connectivity index (χ4v) is 3.38. The van der Waals surface area contributed by atoms with Crippen molar-refractivity contribution in [2.75, 3.05) is 12.4 Å². The van der Waals surface area contributed by atoms with Gasteiger partial charge in [-0.1, -0.05) is 6.92 Å². The van der Waals surface area contributed by atoms with Crippen LogP contribution < -0.4 is 10.1 Å². The Morgan fingerprint density at radius 1 is 1.33 bits per heavy atom. The first-order chi connectivity index (χ1) is 12.8. The maximum atomic E-state index is 12.3. The van der Waals surface area contributed by atoms with Crippen LogP contribution in [-0.4, -0.2) is 30.0 Å². The lowest BCUT2D eigenvalue weighted by Gasteiger charge is -2.14. The van der Waals surface area contributed by atoms with Crippen molar-refractivity contribution in [3.8, 4) is 5.75 Å². The lowest BCUT2D eigenvalue weighted by Crippen LogP contribution is -2.30. The summed E-state index contributed by atoms with van der Waals surface area (Å²) in [5.41, 5.74) is 0.935. The first kappa shape index (κ1) is 20.4. The smallest absolute Gasteiger partial charge is 0.349 e. The number of carbonyl (C=O) groups excluding carboxylic acids is 2. The van der Waals surface area contributed by atoms with E-state index in [2.05, 4.69) is 5.32 Å². The summed E-state index contributed by atoms with van der Waals surface area (Å²) in [7, 11) is 1.38. The number of ether oxygens (including phenoxy) is 2. The average molecular weight is 392 g/mol. The number of methoxy groups -OCH3 is 1. The Morgan fingerprint density at radius 2 is 2.04 bits per heavy atom. The van der Waals surface area contributed by atoms with Crippen LogP contribution in [0.2, 0.25) is 0 Å². The number of nitrogens with one attached hydrogen (secondary N) is 1. The number of nitrogens with zero attached hydrogens (tertiary/aromatic N) is 1. The minimum atomic E-state index is -1.09. The SMILES string of the molecule is CCc1sc(C(=O)O[C@H](C)C(=O)Nc2cc([N+](=O)[O-])ccc2OC)cc1C. The van der Waals surface area contributed by atoms with Crippen LogP contribution in [0.4, 0.5) is 11.4 Å². The Morgan fingerprint density at radius 3 is 2.59 bits per heavy atom. The third-order valence-corrected chi connectivity index (χ3v) is 5.21. The van der Waals surface area contributed by atoms with Crippen molar-refractivity contribution in [3.05, 3.63) is 49.7 Å². The summed E-state index contributed by atoms with van der Waals surface area (Å²) in [6.07, 6.45) is -0.277. The minimum Gasteiger partial charge on any atom is -0.495 e. The van der Waals surface area contributed by atoms with Gasteiger partial charge in [0.1, 0.15) is 10.6 Å². The average Bonchev–Trinajstić information content (AvgIpc) is 3.02. The van der Waals surface area contributed by atoms with E-state index in [1.165, 1.54) is 43.6 Å². The summed E-state index contributed by atoms with van der Waals surface area (Å²) < 4.78 is 10.3. The largest absolute Gasteiger partial charge is 0.495 e. The maximum absolute atomic E-state index is 12.3. The summed E-state index contributed by atoms with van der Waals surface area (Å²) in [5, 5.41) is 13.4. The van der Waals surface area contributed by atoms with Gasteiger partial charge in [-0.15, -0.1) is 11.3 Å². The highest BCUT2D eigenvalue weighted by Gasteiger charge is 2.22. The number of esters is 1. The standard InChI is InChI=1S/C18H20N2O6S/c1-5-15-10(2)8-16(27-15)18(22)26-11(3)17(21)19-13-9-12(20(23)24)6-7-14(13)25-4/h6-9,11H,5H2,1-4H3,(H,19,21)/t11-/m1/s1. The van der Waals surface area contributed by atoms with Gasteiger partial charge in [-0.3, -0.25) is 14.9 Å². The van der Waals surface area contributed by atoms with Crippen molar-refractivity contribution in [1.29, 1.82) is 0 Å². The molecule has 0 radical (unpaired) electrons. The lowest BCUT2D eigenvalue weighted by molar-refractivity contribution is -0.384. The van der Waals surface area contributed by atoms with Gasteiger partial charge in [-0.25, -0.2) is 4.79 Å². The van der Waals surface area contributed by atoms with Crippen LogP contribution in [0.25, 0.3) is 0 Å². The van der Waals surface area contributed by atoms with Crippen LogP contribution in [0.1, 0.15) is 34.0 Å². The third-order valence-electron chi connectivity index (χ3n) is 3.85. The second-order valence-electron chi connectivity index (χ2n) is 5.75. The molecule has 0 aliphatic heterocycles. The molecular formula is C18H20N2O6S. The van der Waals surface area contributed by atoms with Gasteiger partial charge in [0, 0.05) is 17.0 Å². The Balaban J connectivity index is 2.10. The number of carbonyl (C=O) groups is 2. The van der Waals surface area contributed by atoms with Crippen LogP contribution in [0, 0.1) is 17.0 Å². The van der Waals surface area contributed by atoms with Crippen molar-refractivity contribution >= 4 is 34.6 Å². The van der Waals surface area contributed by atoms with Gasteiger partial charge in [0.25, 0.3) is 11.6 Å². The molecule has 0 bridgehead atoms. The predicted molar refractivity (Wildman–Crippen MR) is 102 cm³/mol. The number of aryl methyl sites for hydroxylation is 2. The highest BCUT2D eigenvalue weighted by atomic mass is 32.1. The van der Waals surface area contributed by atoms with Crippen LogP contribution in [-0.2, 0) is 16.0 Å². The van der Waals surface area contributed by atoms with Crippen molar-refractivity contribution in [1.82, 2.24) is 0 Å². The van der Waals surface area contributed by atoms with Crippen molar-refractivity contribution in [2.24, 2.45) is 0 Å². The summed E-state index contributed by atoms with van der Waals surface area (Å²) in [5.74, 6) is -0.948. The number of thiophene rings is 1. The van der Waals surface area contributed by atoms with E-state index in [4.69, 9.17) is 9.47 Å². The molecule has 1 heterocycles. The van der Waals surface area contributed by atoms with E-state index in [-0.39, 0.29) is 17.1 Å². The second kappa shape index (κ2) is 8.63. The molecule has 2 rings (SSSR count). The Kier molecular flexibility index (Phi) is 6.51. The highest BCUT2D eigenvalue weighted by molar-refractivity contribution is 7.14. The quantitative estimate of drug-likeness (QED) is 0.437. The first-order valence-corrected chi connectivity index (χ1v) is 9.02. The number of hydrogen-bond donors (Lipinski definition) is 1. The molecule has 1 aromatic carbocycles. The zero-order valence-corrected chi connectivity index (χ0v) is 16.2. The Hall–Kier alpha value is -2.94. The van der Waals surface area contributed by atoms with Crippen molar-refractivity contribution < 1.29 is 24.0 Å². The molecule has 0 saturated heterocycles. The zero-order chi connectivity index (χ0) is 20.1. The van der Waals surface area contributed by atoms with E-state index >= 15 is 0 Å². The number of non-ortho nitro benzene ring substituents is 1. The fraction of sp³-hybridized carbons (Fsp3) is 0.333. The minimum absolute atomic E-state index is 0.125. The number of nitro groups is 1. The molecule has 2 aromatic rings. The first-order valence-electron chi connectivity index (χ1n) is 8.20. The topological polar surface area (TPSA) is 108 Å². The lowest BCUT2D eigenvalue weighted by atomic mass is 10.2. The number of amides is 1. The van der Waals surface area contributed by atoms with Gasteiger partial charge in [-0.05, 0) is 38.0 Å². The van der Waals surface area contributed by atoms with E-state index < -0.39 is 22.9 Å². The van der Waals surface area contributed by atoms with Gasteiger partial charge < -0.3 is 14.8 Å². The molecule has 8 nitrogen and oxygen atoms in total. The predicted octanol–water partition coefficient (Wildman–Crippen LogP) is 3.72. The molecule has 9 heteroatoms. The van der Waals surface area contributed by atoms with Gasteiger partial charge in [0.05, 0.1) is 17.7 Å². The van der Waals surface area contributed by atoms with Crippen LogP contribution in [0.5, 0.6) is 5.75 Å². The molecule has 144 valence electrons. The van der Waals surface area contributed by atoms with E-state index in [0.717, 1.165) is 16.9 Å². The molecule has 1 atom stereocenters. The number of hydrogen-bond acceptors (Lipinski definition) is 7. The highest BCUT2D eigenvalue weighted by Crippen LogP contribution is 2.29. The number of benzene rings is 1. The molecule has 1 aromatic heterocycles. The molecule has 0 aliphatic rings. The third kappa shape index (κ3) is 4.82. The number of nitro benzene ring substituents is 1. The Labute approximate surface area is 160 Å². The summed E-state index contributed by atoms with van der Waals surface area (Å²) >= 11 is 1.34. The normalized spacial score (nSPS) is 11.6. The molecule has 1 N–H and O–H groups in total. The van der Waals surface area contributed by atoms with E-state index in [1.54, 1.807) is 6.07 Å². The van der Waals surface area contributed by atoms with Crippen LogP contribution >= 0.6 is 11.3 Å². The second-order valence-corrected chi connectivity index (χ2v) is 6.89. The van der Waals surface area contributed by atoms with Crippen LogP contribution in [0.15, 0.2) is 24.3 Å². The summed E-state index contributed by atoms with van der Waals surface area (Å²) in [6.45, 7) is 5.34. The number of rotatable bonds is 7. The molecule has 1 amide bonds. The Bertz CT molecular complexity index is 877. The van der Waals surface area contributed by atoms with Gasteiger partial charge in [-0.2, -0.15) is 0 Å². The van der Waals surface area contributed by atoms with E-state index in [1.807, 2.05) is 13.8 Å². The fourth-order valence-electron chi connectivity index (χ4n) is 2.39.